The standard InChI is InChI=1S/C11H13N3O2/c1-7-4-5-15-9(7)6-12-11-14-13-10(16-11)8-2-3-8/h4-5,8H,2-3,6H2,1H3,(H,12,14). The van der Waals surface area contributed by atoms with Crippen LogP contribution in [0.15, 0.2) is 21.2 Å². The molecule has 2 aromatic rings. The molecule has 0 atom stereocenters. The fourth-order valence-electron chi connectivity index (χ4n) is 1.54. The Kier molecular flexibility index (Phi) is 2.16. The highest BCUT2D eigenvalue weighted by Crippen LogP contribution is 2.39. The van der Waals surface area contributed by atoms with Crippen molar-refractivity contribution in [3.63, 3.8) is 0 Å². The summed E-state index contributed by atoms with van der Waals surface area (Å²) in [5.74, 6) is 2.14. The second-order valence-corrected chi connectivity index (χ2v) is 4.10. The quantitative estimate of drug-likeness (QED) is 0.855. The highest BCUT2D eigenvalue weighted by Gasteiger charge is 2.29. The summed E-state index contributed by atoms with van der Waals surface area (Å²) in [7, 11) is 0. The number of anilines is 1. The molecule has 1 N–H and O–H groups in total. The highest BCUT2D eigenvalue weighted by atomic mass is 16.4. The largest absolute Gasteiger partial charge is 0.467 e. The van der Waals surface area contributed by atoms with Crippen LogP contribution >= 0.6 is 0 Å². The third kappa shape index (κ3) is 1.80. The molecule has 1 saturated carbocycles. The van der Waals surface area contributed by atoms with E-state index in [0.29, 0.717) is 18.5 Å². The van der Waals surface area contributed by atoms with Crippen LogP contribution in [0, 0.1) is 6.92 Å². The number of hydrogen-bond acceptors (Lipinski definition) is 5. The molecule has 1 fully saturated rings. The van der Waals surface area contributed by atoms with Crippen LogP contribution in [0.4, 0.5) is 6.01 Å². The highest BCUT2D eigenvalue weighted by molar-refractivity contribution is 5.23. The number of nitrogens with zero attached hydrogens (tertiary/aromatic N) is 2. The van der Waals surface area contributed by atoms with Gasteiger partial charge in [0.1, 0.15) is 5.76 Å². The third-order valence-corrected chi connectivity index (χ3v) is 2.74. The van der Waals surface area contributed by atoms with Crippen molar-refractivity contribution in [2.24, 2.45) is 0 Å². The number of aromatic nitrogens is 2. The van der Waals surface area contributed by atoms with E-state index in [1.807, 2.05) is 13.0 Å². The average molecular weight is 219 g/mol. The van der Waals surface area contributed by atoms with Crippen LogP contribution < -0.4 is 5.32 Å². The molecular weight excluding hydrogens is 206 g/mol. The molecule has 0 spiro atoms. The van der Waals surface area contributed by atoms with Gasteiger partial charge in [-0.05, 0) is 31.4 Å². The van der Waals surface area contributed by atoms with Crippen LogP contribution in [0.3, 0.4) is 0 Å². The summed E-state index contributed by atoms with van der Waals surface area (Å²) >= 11 is 0. The van der Waals surface area contributed by atoms with E-state index in [1.165, 1.54) is 12.8 Å². The second kappa shape index (κ2) is 3.66. The molecule has 5 nitrogen and oxygen atoms in total. The molecule has 0 saturated heterocycles. The minimum atomic E-state index is 0.470. The fraction of sp³-hybridized carbons (Fsp3) is 0.455. The summed E-state index contributed by atoms with van der Waals surface area (Å²) in [5.41, 5.74) is 1.12. The summed E-state index contributed by atoms with van der Waals surface area (Å²) in [6, 6.07) is 2.40. The van der Waals surface area contributed by atoms with E-state index >= 15 is 0 Å². The predicted molar refractivity (Wildman–Crippen MR) is 57.0 cm³/mol. The molecule has 16 heavy (non-hydrogen) atoms. The maximum absolute atomic E-state index is 5.47. The molecular formula is C11H13N3O2. The van der Waals surface area contributed by atoms with Crippen LogP contribution in [0.1, 0.15) is 36.0 Å². The van der Waals surface area contributed by atoms with Crippen molar-refractivity contribution < 1.29 is 8.83 Å². The Bertz CT molecular complexity index is 485. The predicted octanol–water partition coefficient (Wildman–Crippen LogP) is 2.46. The Labute approximate surface area is 92.9 Å². The van der Waals surface area contributed by atoms with E-state index < -0.39 is 0 Å². The van der Waals surface area contributed by atoms with Gasteiger partial charge in [0.2, 0.25) is 5.89 Å². The van der Waals surface area contributed by atoms with Crippen molar-refractivity contribution in [2.75, 3.05) is 5.32 Å². The Hall–Kier alpha value is -1.78. The molecule has 0 unspecified atom stereocenters. The number of furan rings is 1. The van der Waals surface area contributed by atoms with Crippen molar-refractivity contribution in [1.29, 1.82) is 0 Å². The summed E-state index contributed by atoms with van der Waals surface area (Å²) in [5, 5.41) is 11.0. The second-order valence-electron chi connectivity index (χ2n) is 4.10. The normalized spacial score (nSPS) is 15.3. The van der Waals surface area contributed by atoms with Crippen molar-refractivity contribution in [3.05, 3.63) is 29.5 Å². The molecule has 0 aromatic carbocycles. The molecule has 1 aliphatic carbocycles. The maximum Gasteiger partial charge on any atom is 0.315 e. The summed E-state index contributed by atoms with van der Waals surface area (Å²) in [6.45, 7) is 2.58. The fourth-order valence-corrected chi connectivity index (χ4v) is 1.54. The van der Waals surface area contributed by atoms with Crippen LogP contribution in [0.2, 0.25) is 0 Å². The monoisotopic (exact) mass is 219 g/mol. The van der Waals surface area contributed by atoms with Gasteiger partial charge in [-0.3, -0.25) is 0 Å². The maximum atomic E-state index is 5.47. The molecule has 1 aliphatic rings. The Morgan fingerprint density at radius 3 is 3.00 bits per heavy atom. The van der Waals surface area contributed by atoms with E-state index in [4.69, 9.17) is 8.83 Å². The lowest BCUT2D eigenvalue weighted by atomic mass is 10.3. The van der Waals surface area contributed by atoms with Gasteiger partial charge >= 0.3 is 6.01 Å². The van der Waals surface area contributed by atoms with Gasteiger partial charge < -0.3 is 14.2 Å². The average Bonchev–Trinajstić information content (AvgIpc) is 2.89. The Morgan fingerprint density at radius 2 is 2.31 bits per heavy atom. The lowest BCUT2D eigenvalue weighted by Gasteiger charge is -1.98. The molecule has 2 heterocycles. The number of nitrogens with one attached hydrogen (secondary N) is 1. The van der Waals surface area contributed by atoms with Gasteiger partial charge in [-0.2, -0.15) is 0 Å². The lowest BCUT2D eigenvalue weighted by Crippen LogP contribution is -1.99. The molecule has 84 valence electrons. The van der Waals surface area contributed by atoms with Crippen LogP contribution in [-0.4, -0.2) is 10.2 Å². The Morgan fingerprint density at radius 1 is 1.44 bits per heavy atom. The zero-order valence-corrected chi connectivity index (χ0v) is 9.06. The molecule has 0 radical (unpaired) electrons. The first kappa shape index (κ1) is 9.45. The summed E-state index contributed by atoms with van der Waals surface area (Å²) < 4.78 is 10.8. The zero-order valence-electron chi connectivity index (χ0n) is 9.06. The van der Waals surface area contributed by atoms with Crippen LogP contribution in [-0.2, 0) is 6.54 Å². The minimum Gasteiger partial charge on any atom is -0.467 e. The lowest BCUT2D eigenvalue weighted by molar-refractivity contribution is 0.491. The first-order chi connectivity index (χ1) is 7.83. The van der Waals surface area contributed by atoms with Gasteiger partial charge in [0.05, 0.1) is 12.8 Å². The number of aryl methyl sites for hydroxylation is 1. The van der Waals surface area contributed by atoms with Gasteiger partial charge in [0, 0.05) is 5.92 Å². The van der Waals surface area contributed by atoms with Gasteiger partial charge in [-0.15, -0.1) is 5.10 Å². The number of rotatable bonds is 4. The summed E-state index contributed by atoms with van der Waals surface area (Å²) in [4.78, 5) is 0. The summed E-state index contributed by atoms with van der Waals surface area (Å²) in [6.07, 6.45) is 4.01. The molecule has 0 aliphatic heterocycles. The van der Waals surface area contributed by atoms with Gasteiger partial charge in [0.25, 0.3) is 0 Å². The topological polar surface area (TPSA) is 64.1 Å². The first-order valence-corrected chi connectivity index (χ1v) is 5.43. The van der Waals surface area contributed by atoms with Crippen molar-refractivity contribution >= 4 is 6.01 Å². The molecule has 0 bridgehead atoms. The van der Waals surface area contributed by atoms with Crippen LogP contribution in [0.5, 0.6) is 0 Å². The van der Waals surface area contributed by atoms with Crippen LogP contribution in [0.25, 0.3) is 0 Å². The van der Waals surface area contributed by atoms with E-state index in [-0.39, 0.29) is 0 Å². The minimum absolute atomic E-state index is 0.470. The molecule has 3 rings (SSSR count). The van der Waals surface area contributed by atoms with Crippen molar-refractivity contribution in [2.45, 2.75) is 32.2 Å². The first-order valence-electron chi connectivity index (χ1n) is 5.43. The zero-order chi connectivity index (χ0) is 11.0. The van der Waals surface area contributed by atoms with E-state index in [2.05, 4.69) is 15.5 Å². The molecule has 2 aromatic heterocycles. The van der Waals surface area contributed by atoms with E-state index in [0.717, 1.165) is 17.2 Å². The van der Waals surface area contributed by atoms with E-state index in [9.17, 15) is 0 Å². The van der Waals surface area contributed by atoms with Gasteiger partial charge in [-0.25, -0.2) is 0 Å². The molecule has 0 amide bonds. The molecule has 5 heteroatoms. The van der Waals surface area contributed by atoms with Crippen molar-refractivity contribution in [3.8, 4) is 0 Å². The third-order valence-electron chi connectivity index (χ3n) is 2.74. The van der Waals surface area contributed by atoms with Gasteiger partial charge in [0.15, 0.2) is 0 Å². The van der Waals surface area contributed by atoms with Gasteiger partial charge in [-0.1, -0.05) is 5.10 Å². The smallest absolute Gasteiger partial charge is 0.315 e. The van der Waals surface area contributed by atoms with E-state index in [1.54, 1.807) is 6.26 Å². The van der Waals surface area contributed by atoms with Crippen molar-refractivity contribution in [1.82, 2.24) is 10.2 Å². The number of hydrogen-bond donors (Lipinski definition) is 1. The Balaban J connectivity index is 1.63. The SMILES string of the molecule is Cc1ccoc1CNc1nnc(C2CC2)o1.